The Kier molecular flexibility index (Phi) is 5.81. The van der Waals surface area contributed by atoms with E-state index in [2.05, 4.69) is 5.32 Å². The van der Waals surface area contributed by atoms with E-state index in [1.54, 1.807) is 0 Å². The smallest absolute Gasteiger partial charge is 0.302 e. The zero-order valence-electron chi connectivity index (χ0n) is 12.5. The molecule has 7 nitrogen and oxygen atoms in total. The molecule has 0 aliphatic heterocycles. The molecule has 1 aromatic rings. The quantitative estimate of drug-likeness (QED) is 0.596. The normalized spacial score (nSPS) is 12.3. The third-order valence-electron chi connectivity index (χ3n) is 2.71. The number of benzene rings is 1. The van der Waals surface area contributed by atoms with Crippen LogP contribution in [0.3, 0.4) is 0 Å². The number of Topliss-reactive ketones (excluding diaryl/α,β-unsaturated/α-hetero) is 1. The van der Waals surface area contributed by atoms with Gasteiger partial charge in [-0.25, -0.2) is 8.42 Å². The molecule has 1 atom stereocenters. The first-order valence-corrected chi connectivity index (χ1v) is 8.25. The molecular weight excluding hydrogens is 310 g/mol. The van der Waals surface area contributed by atoms with Gasteiger partial charge in [-0.15, -0.1) is 0 Å². The maximum atomic E-state index is 12.3. The molecule has 0 aromatic heterocycles. The van der Waals surface area contributed by atoms with Crippen molar-refractivity contribution < 1.29 is 27.5 Å². The van der Waals surface area contributed by atoms with Crippen molar-refractivity contribution in [3.8, 4) is 0 Å². The molecule has 8 heteroatoms. The van der Waals surface area contributed by atoms with E-state index in [4.69, 9.17) is 4.74 Å². The molecule has 1 unspecified atom stereocenters. The molecule has 1 aromatic carbocycles. The number of ether oxygens (including phenoxy) is 1. The van der Waals surface area contributed by atoms with Crippen LogP contribution in [-0.4, -0.2) is 45.0 Å². The summed E-state index contributed by atoms with van der Waals surface area (Å²) in [5.74, 6) is -1.50. The van der Waals surface area contributed by atoms with Crippen molar-refractivity contribution in [1.29, 1.82) is 0 Å². The Morgan fingerprint density at radius 3 is 2.09 bits per heavy atom. The largest absolute Gasteiger partial charge is 0.463 e. The Balaban J connectivity index is 2.97. The number of hydrogen-bond donors (Lipinski definition) is 1. The van der Waals surface area contributed by atoms with Crippen LogP contribution in [0.4, 0.5) is 0 Å². The molecule has 0 radical (unpaired) electrons. The number of rotatable bonds is 6. The van der Waals surface area contributed by atoms with Crippen molar-refractivity contribution in [2.75, 3.05) is 12.9 Å². The third-order valence-corrected chi connectivity index (χ3v) is 3.84. The van der Waals surface area contributed by atoms with Crippen molar-refractivity contribution in [1.82, 2.24) is 5.32 Å². The number of amides is 1. The van der Waals surface area contributed by atoms with Gasteiger partial charge in [0.2, 0.25) is 5.91 Å². The second-order valence-corrected chi connectivity index (χ2v) is 6.73. The van der Waals surface area contributed by atoms with Gasteiger partial charge >= 0.3 is 5.97 Å². The lowest BCUT2D eigenvalue weighted by Gasteiger charge is -2.16. The van der Waals surface area contributed by atoms with Gasteiger partial charge in [0.1, 0.15) is 12.6 Å². The first-order valence-electron chi connectivity index (χ1n) is 6.36. The molecule has 0 saturated carbocycles. The lowest BCUT2D eigenvalue weighted by molar-refractivity contribution is -0.141. The molecule has 0 bridgehead atoms. The van der Waals surface area contributed by atoms with Crippen LogP contribution < -0.4 is 5.32 Å². The SMILES string of the molecule is CC(=O)NC(COC(C)=O)C(=O)c1ccc(S(C)(=O)=O)cc1. The summed E-state index contributed by atoms with van der Waals surface area (Å²) in [6.07, 6.45) is 1.06. The Morgan fingerprint density at radius 1 is 1.14 bits per heavy atom. The van der Waals surface area contributed by atoms with Gasteiger partial charge in [0.15, 0.2) is 15.6 Å². The van der Waals surface area contributed by atoms with Gasteiger partial charge in [0, 0.05) is 25.7 Å². The number of ketones is 1. The standard InChI is InChI=1S/C14H17NO6S/c1-9(16)15-13(8-21-10(2)17)14(18)11-4-6-12(7-5-11)22(3,19)20/h4-7,13H,8H2,1-3H3,(H,15,16). The first kappa shape index (κ1) is 17.8. The van der Waals surface area contributed by atoms with Crippen LogP contribution in [0.2, 0.25) is 0 Å². The lowest BCUT2D eigenvalue weighted by atomic mass is 10.0. The molecule has 1 rings (SSSR count). The second kappa shape index (κ2) is 7.17. The monoisotopic (exact) mass is 327 g/mol. The van der Waals surface area contributed by atoms with Gasteiger partial charge in [0.05, 0.1) is 4.90 Å². The van der Waals surface area contributed by atoms with Gasteiger partial charge in [-0.05, 0) is 12.1 Å². The minimum atomic E-state index is -3.36. The van der Waals surface area contributed by atoms with Gasteiger partial charge in [0.25, 0.3) is 0 Å². The minimum Gasteiger partial charge on any atom is -0.463 e. The Bertz CT molecular complexity index is 678. The zero-order valence-corrected chi connectivity index (χ0v) is 13.3. The van der Waals surface area contributed by atoms with Gasteiger partial charge in [-0.3, -0.25) is 14.4 Å². The maximum absolute atomic E-state index is 12.3. The summed E-state index contributed by atoms with van der Waals surface area (Å²) in [6, 6.07) is 4.28. The number of esters is 1. The molecular formula is C14H17NO6S. The van der Waals surface area contributed by atoms with Crippen molar-refractivity contribution >= 4 is 27.5 Å². The summed E-state index contributed by atoms with van der Waals surface area (Å²) in [5.41, 5.74) is 0.207. The van der Waals surface area contributed by atoms with Crippen LogP contribution in [0, 0.1) is 0 Å². The molecule has 0 heterocycles. The average Bonchev–Trinajstić information content (AvgIpc) is 2.41. The molecule has 120 valence electrons. The Morgan fingerprint density at radius 2 is 1.68 bits per heavy atom. The fourth-order valence-electron chi connectivity index (χ4n) is 1.70. The number of sulfone groups is 1. The highest BCUT2D eigenvalue weighted by Gasteiger charge is 2.22. The van der Waals surface area contributed by atoms with E-state index in [0.717, 1.165) is 6.26 Å². The van der Waals surface area contributed by atoms with Crippen molar-refractivity contribution in [2.24, 2.45) is 0 Å². The van der Waals surface area contributed by atoms with Crippen LogP contribution in [0.25, 0.3) is 0 Å². The van der Waals surface area contributed by atoms with Crippen LogP contribution in [-0.2, 0) is 24.2 Å². The zero-order chi connectivity index (χ0) is 16.9. The van der Waals surface area contributed by atoms with E-state index in [-0.39, 0.29) is 17.1 Å². The molecule has 0 fully saturated rings. The summed E-state index contributed by atoms with van der Waals surface area (Å²) >= 11 is 0. The minimum absolute atomic E-state index is 0.0834. The van der Waals surface area contributed by atoms with Crippen LogP contribution in [0.1, 0.15) is 24.2 Å². The average molecular weight is 327 g/mol. The number of nitrogens with one attached hydrogen (secondary N) is 1. The predicted molar refractivity (Wildman–Crippen MR) is 78.1 cm³/mol. The van der Waals surface area contributed by atoms with Crippen LogP contribution >= 0.6 is 0 Å². The molecule has 0 spiro atoms. The molecule has 1 N–H and O–H groups in total. The van der Waals surface area contributed by atoms with E-state index >= 15 is 0 Å². The summed E-state index contributed by atoms with van der Waals surface area (Å²) in [7, 11) is -3.36. The molecule has 22 heavy (non-hydrogen) atoms. The fourth-order valence-corrected chi connectivity index (χ4v) is 2.33. The van der Waals surface area contributed by atoms with Crippen LogP contribution in [0.15, 0.2) is 29.2 Å². The first-order chi connectivity index (χ1) is 10.1. The maximum Gasteiger partial charge on any atom is 0.302 e. The molecule has 0 aliphatic carbocycles. The fraction of sp³-hybridized carbons (Fsp3) is 0.357. The Labute approximate surface area is 128 Å². The van der Waals surface area contributed by atoms with E-state index in [1.165, 1.54) is 38.1 Å². The van der Waals surface area contributed by atoms with E-state index < -0.39 is 33.5 Å². The highest BCUT2D eigenvalue weighted by Crippen LogP contribution is 2.12. The highest BCUT2D eigenvalue weighted by molar-refractivity contribution is 7.90. The molecule has 0 aliphatic rings. The van der Waals surface area contributed by atoms with Crippen LogP contribution in [0.5, 0.6) is 0 Å². The van der Waals surface area contributed by atoms with E-state index in [1.807, 2.05) is 0 Å². The summed E-state index contributed by atoms with van der Waals surface area (Å²) in [4.78, 5) is 34.4. The lowest BCUT2D eigenvalue weighted by Crippen LogP contribution is -2.43. The van der Waals surface area contributed by atoms with E-state index in [9.17, 15) is 22.8 Å². The van der Waals surface area contributed by atoms with Crippen molar-refractivity contribution in [2.45, 2.75) is 24.8 Å². The molecule has 0 saturated heterocycles. The van der Waals surface area contributed by atoms with Crippen molar-refractivity contribution in [3.63, 3.8) is 0 Å². The molecule has 1 amide bonds. The summed E-state index contributed by atoms with van der Waals surface area (Å²) < 4.78 is 27.5. The van der Waals surface area contributed by atoms with E-state index in [0.29, 0.717) is 0 Å². The second-order valence-electron chi connectivity index (χ2n) is 4.72. The van der Waals surface area contributed by atoms with Gasteiger partial charge < -0.3 is 10.1 Å². The highest BCUT2D eigenvalue weighted by atomic mass is 32.2. The topological polar surface area (TPSA) is 107 Å². The number of carbonyl (C=O) groups is 3. The number of carbonyl (C=O) groups excluding carboxylic acids is 3. The van der Waals surface area contributed by atoms with Gasteiger partial charge in [-0.1, -0.05) is 12.1 Å². The predicted octanol–water partition coefficient (Wildman–Crippen LogP) is 0.341. The Hall–Kier alpha value is -2.22. The summed E-state index contributed by atoms with van der Waals surface area (Å²) in [5, 5.41) is 2.39. The van der Waals surface area contributed by atoms with Crippen molar-refractivity contribution in [3.05, 3.63) is 29.8 Å². The third kappa shape index (κ3) is 5.28. The number of hydrogen-bond acceptors (Lipinski definition) is 6. The van der Waals surface area contributed by atoms with Gasteiger partial charge in [-0.2, -0.15) is 0 Å². The summed E-state index contributed by atoms with van der Waals surface area (Å²) in [6.45, 7) is 2.14.